The van der Waals surface area contributed by atoms with Gasteiger partial charge in [-0.25, -0.2) is 4.39 Å². The zero-order valence-corrected chi connectivity index (χ0v) is 8.81. The molecule has 4 N–H and O–H groups in total. The Labute approximate surface area is 93.4 Å². The van der Waals surface area contributed by atoms with Crippen LogP contribution in [0.15, 0.2) is 24.3 Å². The minimum atomic E-state index is -0.966. The Balaban J connectivity index is 2.41. The molecule has 1 aromatic carbocycles. The van der Waals surface area contributed by atoms with Gasteiger partial charge in [0.2, 0.25) is 0 Å². The summed E-state index contributed by atoms with van der Waals surface area (Å²) in [4.78, 5) is 0. The quantitative estimate of drug-likeness (QED) is 0.545. The lowest BCUT2D eigenvalue weighted by molar-refractivity contribution is 0.0888. The van der Waals surface area contributed by atoms with E-state index in [1.165, 1.54) is 12.1 Å². The molecule has 1 aromatic rings. The van der Waals surface area contributed by atoms with Crippen LogP contribution in [0, 0.1) is 5.82 Å². The summed E-state index contributed by atoms with van der Waals surface area (Å²) in [6.45, 7) is -0.0667. The zero-order chi connectivity index (χ0) is 12.0. The molecule has 0 aliphatic heterocycles. The van der Waals surface area contributed by atoms with Gasteiger partial charge in [0.15, 0.2) is 0 Å². The fourth-order valence-electron chi connectivity index (χ4n) is 1.31. The molecule has 0 saturated heterocycles. The van der Waals surface area contributed by atoms with Crippen LogP contribution in [0.4, 0.5) is 4.39 Å². The molecule has 5 heteroatoms. The molecule has 0 aliphatic carbocycles. The van der Waals surface area contributed by atoms with Crippen LogP contribution in [0.1, 0.15) is 11.7 Å². The van der Waals surface area contributed by atoms with Gasteiger partial charge in [0.05, 0.1) is 18.8 Å². The van der Waals surface area contributed by atoms with E-state index in [0.717, 1.165) is 0 Å². The zero-order valence-electron chi connectivity index (χ0n) is 8.81. The van der Waals surface area contributed by atoms with Gasteiger partial charge in [-0.15, -0.1) is 0 Å². The molecule has 16 heavy (non-hydrogen) atoms. The number of aliphatic hydroxyl groups is 3. The maximum absolute atomic E-state index is 13.2. The van der Waals surface area contributed by atoms with Crippen molar-refractivity contribution < 1.29 is 19.7 Å². The molecule has 4 nitrogen and oxygen atoms in total. The molecule has 0 bridgehead atoms. The molecule has 0 spiro atoms. The van der Waals surface area contributed by atoms with E-state index >= 15 is 0 Å². The Bertz CT molecular complexity index is 322. The highest BCUT2D eigenvalue weighted by atomic mass is 19.1. The summed E-state index contributed by atoms with van der Waals surface area (Å²) < 4.78 is 13.2. The van der Waals surface area contributed by atoms with Gasteiger partial charge < -0.3 is 20.6 Å². The largest absolute Gasteiger partial charge is 0.394 e. The minimum Gasteiger partial charge on any atom is -0.394 e. The van der Waals surface area contributed by atoms with Crippen molar-refractivity contribution in [3.05, 3.63) is 35.6 Å². The van der Waals surface area contributed by atoms with E-state index < -0.39 is 18.0 Å². The van der Waals surface area contributed by atoms with E-state index in [0.29, 0.717) is 0 Å². The van der Waals surface area contributed by atoms with Gasteiger partial charge in [0, 0.05) is 18.7 Å². The van der Waals surface area contributed by atoms with E-state index in [9.17, 15) is 9.50 Å². The molecule has 90 valence electrons. The van der Waals surface area contributed by atoms with Gasteiger partial charge in [-0.1, -0.05) is 18.2 Å². The normalized spacial score (nSPS) is 14.8. The summed E-state index contributed by atoms with van der Waals surface area (Å²) in [5.74, 6) is -0.459. The van der Waals surface area contributed by atoms with Crippen LogP contribution in [-0.4, -0.2) is 41.1 Å². The predicted octanol–water partition coefficient (Wildman–Crippen LogP) is -0.198. The minimum absolute atomic E-state index is 0.123. The average Bonchev–Trinajstić information content (AvgIpc) is 2.29. The van der Waals surface area contributed by atoms with Gasteiger partial charge in [-0.05, 0) is 6.07 Å². The molecule has 0 radical (unpaired) electrons. The monoisotopic (exact) mass is 229 g/mol. The molecule has 0 saturated carbocycles. The first-order valence-electron chi connectivity index (χ1n) is 5.07. The van der Waals surface area contributed by atoms with E-state index in [1.54, 1.807) is 12.1 Å². The van der Waals surface area contributed by atoms with Gasteiger partial charge in [-0.3, -0.25) is 0 Å². The molecule has 2 atom stereocenters. The topological polar surface area (TPSA) is 72.7 Å². The van der Waals surface area contributed by atoms with Gasteiger partial charge in [0.1, 0.15) is 5.82 Å². The smallest absolute Gasteiger partial charge is 0.129 e. The number of nitrogens with one attached hydrogen (secondary N) is 1. The highest BCUT2D eigenvalue weighted by Gasteiger charge is 2.12. The van der Waals surface area contributed by atoms with Crippen molar-refractivity contribution >= 4 is 0 Å². The summed E-state index contributed by atoms with van der Waals surface area (Å²) in [5, 5.41) is 30.0. The molecule has 0 heterocycles. The van der Waals surface area contributed by atoms with Crippen LogP contribution in [0.2, 0.25) is 0 Å². The standard InChI is InChI=1S/C11H16FNO3/c12-10-4-2-1-3-9(10)11(16)6-13-5-8(15)7-14/h1-4,8,11,13-16H,5-7H2. The van der Waals surface area contributed by atoms with Crippen molar-refractivity contribution in [1.82, 2.24) is 5.32 Å². The summed E-state index contributed by atoms with van der Waals surface area (Å²) in [7, 11) is 0. The second-order valence-corrected chi connectivity index (χ2v) is 3.53. The Morgan fingerprint density at radius 2 is 1.88 bits per heavy atom. The van der Waals surface area contributed by atoms with Crippen LogP contribution in [-0.2, 0) is 0 Å². The second-order valence-electron chi connectivity index (χ2n) is 3.53. The van der Waals surface area contributed by atoms with Crippen LogP contribution in [0.3, 0.4) is 0 Å². The SMILES string of the molecule is OCC(O)CNCC(O)c1ccccc1F. The van der Waals surface area contributed by atoms with Crippen LogP contribution < -0.4 is 5.32 Å². The van der Waals surface area contributed by atoms with Gasteiger partial charge >= 0.3 is 0 Å². The Morgan fingerprint density at radius 3 is 2.50 bits per heavy atom. The fraction of sp³-hybridized carbons (Fsp3) is 0.455. The van der Waals surface area contributed by atoms with Crippen LogP contribution in [0.25, 0.3) is 0 Å². The van der Waals surface area contributed by atoms with Crippen molar-refractivity contribution in [2.24, 2.45) is 0 Å². The lowest BCUT2D eigenvalue weighted by atomic mass is 10.1. The van der Waals surface area contributed by atoms with Gasteiger partial charge in [0.25, 0.3) is 0 Å². The molecular formula is C11H16FNO3. The van der Waals surface area contributed by atoms with Crippen molar-refractivity contribution in [3.8, 4) is 0 Å². The lowest BCUT2D eigenvalue weighted by Crippen LogP contribution is -2.32. The summed E-state index contributed by atoms with van der Waals surface area (Å²) in [6, 6.07) is 5.98. The first kappa shape index (κ1) is 13.1. The second kappa shape index (κ2) is 6.55. The average molecular weight is 229 g/mol. The number of halogens is 1. The first-order valence-corrected chi connectivity index (χ1v) is 5.07. The molecule has 0 amide bonds. The predicted molar refractivity (Wildman–Crippen MR) is 57.3 cm³/mol. The molecule has 0 aromatic heterocycles. The van der Waals surface area contributed by atoms with E-state index in [-0.39, 0.29) is 25.3 Å². The third-order valence-electron chi connectivity index (χ3n) is 2.19. The Morgan fingerprint density at radius 1 is 1.19 bits per heavy atom. The number of rotatable bonds is 6. The number of aliphatic hydroxyl groups excluding tert-OH is 3. The van der Waals surface area contributed by atoms with Crippen molar-refractivity contribution in [1.29, 1.82) is 0 Å². The Kier molecular flexibility index (Phi) is 5.34. The lowest BCUT2D eigenvalue weighted by Gasteiger charge is -2.14. The third kappa shape index (κ3) is 3.86. The van der Waals surface area contributed by atoms with Crippen molar-refractivity contribution in [2.75, 3.05) is 19.7 Å². The molecule has 2 unspecified atom stereocenters. The molecule has 1 rings (SSSR count). The summed E-state index contributed by atoms with van der Waals surface area (Å²) in [5.41, 5.74) is 0.216. The van der Waals surface area contributed by atoms with E-state index in [1.807, 2.05) is 0 Å². The highest BCUT2D eigenvalue weighted by molar-refractivity contribution is 5.19. The van der Waals surface area contributed by atoms with E-state index in [2.05, 4.69) is 5.32 Å². The van der Waals surface area contributed by atoms with Crippen LogP contribution >= 0.6 is 0 Å². The molecule has 0 aliphatic rings. The summed E-state index contributed by atoms with van der Waals surface area (Å²) >= 11 is 0. The Hall–Kier alpha value is -1.01. The maximum atomic E-state index is 13.2. The number of hydrogen-bond donors (Lipinski definition) is 4. The fourth-order valence-corrected chi connectivity index (χ4v) is 1.31. The van der Waals surface area contributed by atoms with Crippen LogP contribution in [0.5, 0.6) is 0 Å². The van der Waals surface area contributed by atoms with Crippen molar-refractivity contribution in [2.45, 2.75) is 12.2 Å². The highest BCUT2D eigenvalue weighted by Crippen LogP contribution is 2.15. The van der Waals surface area contributed by atoms with Crippen molar-refractivity contribution in [3.63, 3.8) is 0 Å². The van der Waals surface area contributed by atoms with E-state index in [4.69, 9.17) is 10.2 Å². The summed E-state index contributed by atoms with van der Waals surface area (Å²) in [6.07, 6.45) is -1.83. The number of hydrogen-bond acceptors (Lipinski definition) is 4. The maximum Gasteiger partial charge on any atom is 0.129 e. The third-order valence-corrected chi connectivity index (χ3v) is 2.19. The van der Waals surface area contributed by atoms with Gasteiger partial charge in [-0.2, -0.15) is 0 Å². The molecular weight excluding hydrogens is 213 g/mol. The number of benzene rings is 1. The molecule has 0 fully saturated rings. The first-order chi connectivity index (χ1) is 7.65.